The number of nitrogens with one attached hydrogen (secondary N) is 1. The molecule has 134 valence electrons. The molecule has 26 heavy (non-hydrogen) atoms. The van der Waals surface area contributed by atoms with Gasteiger partial charge in [0.05, 0.1) is 17.2 Å². The molecule has 0 radical (unpaired) electrons. The van der Waals surface area contributed by atoms with Gasteiger partial charge in [-0.1, -0.05) is 19.1 Å². The van der Waals surface area contributed by atoms with Gasteiger partial charge < -0.3 is 5.32 Å². The number of amides is 2. The molecule has 4 unspecified atom stereocenters. The third kappa shape index (κ3) is 2.23. The Balaban J connectivity index is 1.30. The summed E-state index contributed by atoms with van der Waals surface area (Å²) in [5.41, 5.74) is 0. The van der Waals surface area contributed by atoms with Gasteiger partial charge in [0.15, 0.2) is 0 Å². The van der Waals surface area contributed by atoms with Crippen molar-refractivity contribution < 1.29 is 9.59 Å². The molecular weight excluding hydrogens is 348 g/mol. The Morgan fingerprint density at radius 2 is 1.92 bits per heavy atom. The maximum atomic E-state index is 12.7. The van der Waals surface area contributed by atoms with Gasteiger partial charge in [-0.3, -0.25) is 14.5 Å². The monoisotopic (exact) mass is 368 g/mol. The third-order valence-corrected chi connectivity index (χ3v) is 6.68. The Morgan fingerprint density at radius 1 is 1.19 bits per heavy atom. The molecule has 2 aromatic heterocycles. The largest absolute Gasteiger partial charge is 0.368 e. The van der Waals surface area contributed by atoms with E-state index in [-0.39, 0.29) is 35.5 Å². The van der Waals surface area contributed by atoms with E-state index in [0.717, 1.165) is 34.7 Å². The van der Waals surface area contributed by atoms with E-state index < -0.39 is 0 Å². The zero-order valence-electron chi connectivity index (χ0n) is 14.5. The fourth-order valence-corrected chi connectivity index (χ4v) is 5.45. The Labute approximate surface area is 155 Å². The molecule has 2 fully saturated rings. The van der Waals surface area contributed by atoms with E-state index in [2.05, 4.69) is 27.4 Å². The van der Waals surface area contributed by atoms with Gasteiger partial charge in [0.25, 0.3) is 0 Å². The van der Waals surface area contributed by atoms with Crippen molar-refractivity contribution in [3.8, 4) is 0 Å². The molecule has 7 heteroatoms. The van der Waals surface area contributed by atoms with Crippen molar-refractivity contribution in [3.63, 3.8) is 0 Å². The fraction of sp³-hybridized carbons (Fsp3) is 0.474. The first-order chi connectivity index (χ1) is 12.7. The van der Waals surface area contributed by atoms with Gasteiger partial charge in [-0.05, 0) is 29.7 Å². The summed E-state index contributed by atoms with van der Waals surface area (Å²) in [5.74, 6) is 1.89. The predicted molar refractivity (Wildman–Crippen MR) is 99.7 cm³/mol. The topological polar surface area (TPSA) is 75.2 Å². The van der Waals surface area contributed by atoms with E-state index in [1.807, 2.05) is 18.4 Å². The van der Waals surface area contributed by atoms with Crippen LogP contribution in [0.4, 0.5) is 5.82 Å². The number of hydrogen-bond acceptors (Lipinski definition) is 6. The molecule has 1 N–H and O–H groups in total. The number of thiophene rings is 1. The molecule has 5 rings (SSSR count). The van der Waals surface area contributed by atoms with Crippen LogP contribution in [0.1, 0.15) is 19.2 Å². The number of allylic oxidation sites excluding steroid dienone is 2. The lowest BCUT2D eigenvalue weighted by atomic mass is 9.85. The molecule has 2 aliphatic carbocycles. The molecule has 4 atom stereocenters. The zero-order valence-corrected chi connectivity index (χ0v) is 15.3. The third-order valence-electron chi connectivity index (χ3n) is 5.88. The van der Waals surface area contributed by atoms with E-state index in [0.29, 0.717) is 13.1 Å². The first-order valence-electron chi connectivity index (χ1n) is 9.19. The van der Waals surface area contributed by atoms with Crippen LogP contribution in [0.3, 0.4) is 0 Å². The van der Waals surface area contributed by atoms with E-state index >= 15 is 0 Å². The Bertz CT molecular complexity index is 907. The molecular formula is C19H20N4O2S. The van der Waals surface area contributed by atoms with Gasteiger partial charge in [0.1, 0.15) is 16.5 Å². The molecule has 6 nitrogen and oxygen atoms in total. The Kier molecular flexibility index (Phi) is 3.60. The second kappa shape index (κ2) is 5.87. The lowest BCUT2D eigenvalue weighted by molar-refractivity contribution is -0.140. The highest BCUT2D eigenvalue weighted by Gasteiger charge is 2.58. The summed E-state index contributed by atoms with van der Waals surface area (Å²) in [5, 5.41) is 6.31. The van der Waals surface area contributed by atoms with Crippen LogP contribution in [0.15, 0.2) is 23.6 Å². The number of aromatic nitrogens is 2. The second-order valence-electron chi connectivity index (χ2n) is 7.24. The van der Waals surface area contributed by atoms with Gasteiger partial charge in [-0.2, -0.15) is 0 Å². The molecule has 1 saturated heterocycles. The fourth-order valence-electron chi connectivity index (χ4n) is 4.66. The lowest BCUT2D eigenvalue weighted by Gasteiger charge is -2.18. The van der Waals surface area contributed by atoms with Gasteiger partial charge in [0.2, 0.25) is 11.8 Å². The van der Waals surface area contributed by atoms with E-state index in [4.69, 9.17) is 0 Å². The number of carbonyl (C=O) groups excluding carboxylic acids is 2. The highest BCUT2D eigenvalue weighted by atomic mass is 32.1. The number of carbonyl (C=O) groups is 2. The summed E-state index contributed by atoms with van der Waals surface area (Å²) in [4.78, 5) is 37.0. The van der Waals surface area contributed by atoms with Gasteiger partial charge in [-0.15, -0.1) is 11.3 Å². The molecule has 3 aliphatic rings. The first-order valence-corrected chi connectivity index (χ1v) is 10.1. The summed E-state index contributed by atoms with van der Waals surface area (Å²) in [7, 11) is 0. The number of aryl methyl sites for hydroxylation is 1. The Morgan fingerprint density at radius 3 is 2.62 bits per heavy atom. The number of likely N-dealkylation sites (tertiary alicyclic amines) is 1. The molecule has 0 aromatic carbocycles. The zero-order chi connectivity index (χ0) is 17.8. The number of anilines is 1. The molecule has 0 spiro atoms. The summed E-state index contributed by atoms with van der Waals surface area (Å²) >= 11 is 1.59. The summed E-state index contributed by atoms with van der Waals surface area (Å²) in [6.07, 6.45) is 5.99. The lowest BCUT2D eigenvalue weighted by Crippen LogP contribution is -2.36. The molecule has 1 aliphatic heterocycles. The summed E-state index contributed by atoms with van der Waals surface area (Å²) in [6, 6.07) is 2.00. The average Bonchev–Trinajstić information content (AvgIpc) is 3.41. The highest BCUT2D eigenvalue weighted by molar-refractivity contribution is 7.16. The van der Waals surface area contributed by atoms with Crippen LogP contribution < -0.4 is 5.32 Å². The van der Waals surface area contributed by atoms with Crippen LogP contribution in [0.2, 0.25) is 0 Å². The van der Waals surface area contributed by atoms with Crippen molar-refractivity contribution in [1.82, 2.24) is 14.9 Å². The van der Waals surface area contributed by atoms with Crippen LogP contribution in [0, 0.1) is 23.7 Å². The smallest absolute Gasteiger partial charge is 0.233 e. The minimum Gasteiger partial charge on any atom is -0.368 e. The summed E-state index contributed by atoms with van der Waals surface area (Å²) in [6.45, 7) is 2.92. The van der Waals surface area contributed by atoms with Crippen molar-refractivity contribution >= 4 is 39.2 Å². The predicted octanol–water partition coefficient (Wildman–Crippen LogP) is 2.47. The minimum absolute atomic E-state index is 0.0104. The van der Waals surface area contributed by atoms with E-state index in [9.17, 15) is 9.59 Å². The first kappa shape index (κ1) is 15.9. The molecule has 2 amide bonds. The maximum absolute atomic E-state index is 12.7. The van der Waals surface area contributed by atoms with Crippen molar-refractivity contribution in [1.29, 1.82) is 0 Å². The molecule has 2 aromatic rings. The van der Waals surface area contributed by atoms with Gasteiger partial charge >= 0.3 is 0 Å². The van der Waals surface area contributed by atoms with E-state index in [1.165, 1.54) is 4.90 Å². The number of hydrogen-bond donors (Lipinski definition) is 1. The van der Waals surface area contributed by atoms with E-state index in [1.54, 1.807) is 11.3 Å². The van der Waals surface area contributed by atoms with Crippen molar-refractivity contribution in [2.75, 3.05) is 18.4 Å². The second-order valence-corrected chi connectivity index (χ2v) is 8.13. The van der Waals surface area contributed by atoms with Crippen LogP contribution in [-0.4, -0.2) is 39.8 Å². The van der Waals surface area contributed by atoms with Crippen molar-refractivity contribution in [2.24, 2.45) is 23.7 Å². The number of fused-ring (bicyclic) bond motifs is 6. The van der Waals surface area contributed by atoms with Gasteiger partial charge in [0, 0.05) is 19.5 Å². The van der Waals surface area contributed by atoms with Crippen LogP contribution >= 0.6 is 11.3 Å². The highest BCUT2D eigenvalue weighted by Crippen LogP contribution is 2.52. The normalized spacial score (nSPS) is 29.2. The molecule has 3 heterocycles. The van der Waals surface area contributed by atoms with Crippen LogP contribution in [0.25, 0.3) is 10.2 Å². The SMILES string of the molecule is CCc1nc(NCCN2C(=O)C3C4C=CC(C4)C3C2=O)c2ccsc2n1. The average molecular weight is 368 g/mol. The van der Waals surface area contributed by atoms with Crippen molar-refractivity contribution in [3.05, 3.63) is 29.4 Å². The standard InChI is InChI=1S/C19H20N4O2S/c1-2-13-21-16(12-5-8-26-17(12)22-13)20-6-7-23-18(24)14-10-3-4-11(9-10)15(14)19(23)25/h3-5,8,10-11,14-15H,2,6-7,9H2,1H3,(H,20,21,22). The number of rotatable bonds is 5. The Hall–Kier alpha value is -2.28. The van der Waals surface area contributed by atoms with Crippen LogP contribution in [-0.2, 0) is 16.0 Å². The van der Waals surface area contributed by atoms with Crippen molar-refractivity contribution in [2.45, 2.75) is 19.8 Å². The minimum atomic E-state index is -0.119. The number of imide groups is 1. The number of nitrogens with zero attached hydrogens (tertiary/aromatic N) is 3. The molecule has 1 saturated carbocycles. The maximum Gasteiger partial charge on any atom is 0.233 e. The molecule has 2 bridgehead atoms. The quantitative estimate of drug-likeness (QED) is 0.648. The van der Waals surface area contributed by atoms with Gasteiger partial charge in [-0.25, -0.2) is 9.97 Å². The van der Waals surface area contributed by atoms with Crippen LogP contribution in [0.5, 0.6) is 0 Å². The summed E-state index contributed by atoms with van der Waals surface area (Å²) < 4.78 is 0.